The van der Waals surface area contributed by atoms with E-state index in [1.807, 2.05) is 13.0 Å². The fourth-order valence-electron chi connectivity index (χ4n) is 4.15. The van der Waals surface area contributed by atoms with Crippen LogP contribution in [0.2, 0.25) is 0 Å². The SMILES string of the molecule is CCOC(=O)N1CCN(S(=O)(=O)c2ccc(C(=O)Nc3ccc(C)cc3C(=O)c3ccccc3)cc2)CC1. The fourth-order valence-corrected chi connectivity index (χ4v) is 5.57. The summed E-state index contributed by atoms with van der Waals surface area (Å²) in [5, 5.41) is 2.78. The second-order valence-electron chi connectivity index (χ2n) is 8.81. The third-order valence-corrected chi connectivity index (χ3v) is 8.14. The molecule has 1 fully saturated rings. The van der Waals surface area contributed by atoms with Crippen molar-refractivity contribution < 1.29 is 27.5 Å². The van der Waals surface area contributed by atoms with Gasteiger partial charge in [-0.25, -0.2) is 13.2 Å². The summed E-state index contributed by atoms with van der Waals surface area (Å²) in [4.78, 5) is 39.5. The van der Waals surface area contributed by atoms with Crippen LogP contribution < -0.4 is 5.32 Å². The van der Waals surface area contributed by atoms with E-state index in [1.54, 1.807) is 49.4 Å². The highest BCUT2D eigenvalue weighted by molar-refractivity contribution is 7.89. The van der Waals surface area contributed by atoms with Gasteiger partial charge in [0.05, 0.1) is 17.2 Å². The van der Waals surface area contributed by atoms with Crippen LogP contribution in [0.25, 0.3) is 0 Å². The summed E-state index contributed by atoms with van der Waals surface area (Å²) in [7, 11) is -3.80. The van der Waals surface area contributed by atoms with Crippen molar-refractivity contribution in [3.05, 3.63) is 95.1 Å². The van der Waals surface area contributed by atoms with Crippen molar-refractivity contribution in [3.8, 4) is 0 Å². The molecule has 0 saturated carbocycles. The van der Waals surface area contributed by atoms with Gasteiger partial charge >= 0.3 is 6.09 Å². The largest absolute Gasteiger partial charge is 0.450 e. The van der Waals surface area contributed by atoms with E-state index in [0.29, 0.717) is 16.8 Å². The molecule has 1 saturated heterocycles. The summed E-state index contributed by atoms with van der Waals surface area (Å²) in [5.74, 6) is -0.683. The first-order chi connectivity index (χ1) is 18.2. The molecule has 0 aliphatic carbocycles. The topological polar surface area (TPSA) is 113 Å². The molecular weight excluding hydrogens is 506 g/mol. The van der Waals surface area contributed by atoms with Gasteiger partial charge in [-0.15, -0.1) is 0 Å². The summed E-state index contributed by atoms with van der Waals surface area (Å²) in [6.07, 6.45) is -0.456. The first kappa shape index (κ1) is 27.0. The lowest BCUT2D eigenvalue weighted by molar-refractivity contribution is 0.0933. The first-order valence-electron chi connectivity index (χ1n) is 12.2. The van der Waals surface area contributed by atoms with Gasteiger partial charge < -0.3 is 15.0 Å². The smallest absolute Gasteiger partial charge is 0.409 e. The van der Waals surface area contributed by atoms with Crippen LogP contribution in [-0.4, -0.2) is 68.2 Å². The van der Waals surface area contributed by atoms with E-state index in [2.05, 4.69) is 5.32 Å². The van der Waals surface area contributed by atoms with E-state index in [0.717, 1.165) is 5.56 Å². The molecule has 0 aromatic heterocycles. The molecule has 0 radical (unpaired) electrons. The highest BCUT2D eigenvalue weighted by atomic mass is 32.2. The van der Waals surface area contributed by atoms with Crippen molar-refractivity contribution in [2.45, 2.75) is 18.7 Å². The van der Waals surface area contributed by atoms with Crippen LogP contribution in [0.4, 0.5) is 10.5 Å². The van der Waals surface area contributed by atoms with E-state index in [9.17, 15) is 22.8 Å². The molecule has 1 aliphatic rings. The van der Waals surface area contributed by atoms with Crippen molar-refractivity contribution in [3.63, 3.8) is 0 Å². The lowest BCUT2D eigenvalue weighted by Gasteiger charge is -2.33. The number of rotatable bonds is 7. The van der Waals surface area contributed by atoms with Gasteiger partial charge in [0.15, 0.2) is 5.78 Å². The molecule has 0 atom stereocenters. The Morgan fingerprint density at radius 2 is 1.53 bits per heavy atom. The lowest BCUT2D eigenvalue weighted by atomic mass is 9.99. The Balaban J connectivity index is 1.46. The number of sulfonamides is 1. The van der Waals surface area contributed by atoms with Gasteiger partial charge in [0.1, 0.15) is 0 Å². The minimum absolute atomic E-state index is 0.0499. The molecule has 9 nitrogen and oxygen atoms in total. The standard InChI is InChI=1S/C28H29N3O6S/c1-3-37-28(34)30-15-17-31(18-16-30)38(35,36)23-12-10-22(11-13-23)27(33)29-25-14-9-20(2)19-24(25)26(32)21-7-5-4-6-8-21/h4-14,19H,3,15-18H2,1-2H3,(H,29,33). The number of nitrogens with one attached hydrogen (secondary N) is 1. The summed E-state index contributed by atoms with van der Waals surface area (Å²) in [5.41, 5.74) is 2.36. The zero-order valence-electron chi connectivity index (χ0n) is 21.2. The number of benzene rings is 3. The van der Waals surface area contributed by atoms with E-state index in [1.165, 1.54) is 33.5 Å². The number of anilines is 1. The minimum atomic E-state index is -3.80. The van der Waals surface area contributed by atoms with Gasteiger partial charge in [0, 0.05) is 42.9 Å². The molecule has 1 aliphatic heterocycles. The predicted molar refractivity (Wildman–Crippen MR) is 143 cm³/mol. The number of carbonyl (C=O) groups is 3. The Bertz CT molecular complexity index is 1430. The number of nitrogens with zero attached hydrogens (tertiary/aromatic N) is 2. The lowest BCUT2D eigenvalue weighted by Crippen LogP contribution is -2.50. The molecule has 10 heteroatoms. The van der Waals surface area contributed by atoms with Crippen LogP contribution in [0.3, 0.4) is 0 Å². The van der Waals surface area contributed by atoms with Crippen molar-refractivity contribution in [1.82, 2.24) is 9.21 Å². The Hall–Kier alpha value is -4.02. The summed E-state index contributed by atoms with van der Waals surface area (Å²) < 4.78 is 32.5. The van der Waals surface area contributed by atoms with E-state index < -0.39 is 22.0 Å². The van der Waals surface area contributed by atoms with Crippen LogP contribution in [-0.2, 0) is 14.8 Å². The van der Waals surface area contributed by atoms with Crippen LogP contribution in [0, 0.1) is 6.92 Å². The summed E-state index contributed by atoms with van der Waals surface area (Å²) >= 11 is 0. The number of ether oxygens (including phenoxy) is 1. The van der Waals surface area contributed by atoms with E-state index >= 15 is 0 Å². The highest BCUT2D eigenvalue weighted by Crippen LogP contribution is 2.23. The minimum Gasteiger partial charge on any atom is -0.450 e. The molecule has 4 rings (SSSR count). The second kappa shape index (κ2) is 11.6. The maximum atomic E-state index is 13.1. The quantitative estimate of drug-likeness (QED) is 0.459. The number of aryl methyl sites for hydroxylation is 1. The van der Waals surface area contributed by atoms with Gasteiger partial charge in [0.25, 0.3) is 5.91 Å². The number of hydrogen-bond donors (Lipinski definition) is 1. The van der Waals surface area contributed by atoms with Gasteiger partial charge in [-0.1, -0.05) is 42.0 Å². The average Bonchev–Trinajstić information content (AvgIpc) is 2.94. The third kappa shape index (κ3) is 5.92. The maximum absolute atomic E-state index is 13.1. The van der Waals surface area contributed by atoms with E-state index in [-0.39, 0.29) is 49.0 Å². The number of hydrogen-bond acceptors (Lipinski definition) is 6. The van der Waals surface area contributed by atoms with Crippen molar-refractivity contribution in [2.24, 2.45) is 0 Å². The van der Waals surface area contributed by atoms with Crippen LogP contribution in [0.15, 0.2) is 77.7 Å². The van der Waals surface area contributed by atoms with Crippen molar-refractivity contribution in [1.29, 1.82) is 0 Å². The second-order valence-corrected chi connectivity index (χ2v) is 10.8. The number of piperazine rings is 1. The molecule has 3 aromatic carbocycles. The number of amides is 2. The molecule has 38 heavy (non-hydrogen) atoms. The number of ketones is 1. The average molecular weight is 536 g/mol. The fraction of sp³-hybridized carbons (Fsp3) is 0.250. The molecule has 0 bridgehead atoms. The van der Waals surface area contributed by atoms with Gasteiger partial charge in [-0.05, 0) is 50.2 Å². The normalized spacial score (nSPS) is 14.1. The maximum Gasteiger partial charge on any atom is 0.409 e. The van der Waals surface area contributed by atoms with Gasteiger partial charge in [-0.3, -0.25) is 9.59 Å². The van der Waals surface area contributed by atoms with E-state index in [4.69, 9.17) is 4.74 Å². The molecule has 198 valence electrons. The van der Waals surface area contributed by atoms with Crippen LogP contribution in [0.1, 0.15) is 38.8 Å². The molecule has 1 N–H and O–H groups in total. The molecule has 3 aromatic rings. The zero-order valence-corrected chi connectivity index (χ0v) is 22.0. The predicted octanol–water partition coefficient (Wildman–Crippen LogP) is 3.94. The summed E-state index contributed by atoms with van der Waals surface area (Å²) in [6, 6.07) is 19.6. The Kier molecular flexibility index (Phi) is 8.23. The Morgan fingerprint density at radius 3 is 2.16 bits per heavy atom. The van der Waals surface area contributed by atoms with Crippen LogP contribution >= 0.6 is 0 Å². The van der Waals surface area contributed by atoms with Crippen molar-refractivity contribution >= 4 is 33.5 Å². The third-order valence-electron chi connectivity index (χ3n) is 6.22. The number of carbonyl (C=O) groups excluding carboxylic acids is 3. The Labute approximate surface area is 222 Å². The molecule has 1 heterocycles. The molecule has 0 unspecified atom stereocenters. The van der Waals surface area contributed by atoms with Gasteiger partial charge in [0.2, 0.25) is 10.0 Å². The van der Waals surface area contributed by atoms with Crippen LogP contribution in [0.5, 0.6) is 0 Å². The molecule has 2 amide bonds. The monoisotopic (exact) mass is 535 g/mol. The highest BCUT2D eigenvalue weighted by Gasteiger charge is 2.30. The molecule has 0 spiro atoms. The summed E-state index contributed by atoms with van der Waals surface area (Å²) in [6.45, 7) is 4.60. The first-order valence-corrected chi connectivity index (χ1v) is 13.7. The Morgan fingerprint density at radius 1 is 0.868 bits per heavy atom. The molecular formula is C28H29N3O6S. The van der Waals surface area contributed by atoms with Crippen molar-refractivity contribution in [2.75, 3.05) is 38.1 Å². The van der Waals surface area contributed by atoms with Gasteiger partial charge in [-0.2, -0.15) is 4.31 Å². The zero-order chi connectivity index (χ0) is 27.3.